The van der Waals surface area contributed by atoms with Gasteiger partial charge < -0.3 is 4.90 Å². The van der Waals surface area contributed by atoms with Crippen LogP contribution in [0, 0.1) is 0 Å². The van der Waals surface area contributed by atoms with Gasteiger partial charge in [-0.05, 0) is 30.3 Å². The van der Waals surface area contributed by atoms with Crippen LogP contribution >= 0.6 is 23.2 Å². The highest BCUT2D eigenvalue weighted by Crippen LogP contribution is 2.26. The van der Waals surface area contributed by atoms with E-state index in [4.69, 9.17) is 23.2 Å². The Kier molecular flexibility index (Phi) is 5.84. The van der Waals surface area contributed by atoms with Crippen molar-refractivity contribution < 1.29 is 8.42 Å². The van der Waals surface area contributed by atoms with Crippen LogP contribution in [0.1, 0.15) is 0 Å². The van der Waals surface area contributed by atoms with Gasteiger partial charge in [-0.15, -0.1) is 0 Å². The molecule has 1 aromatic heterocycles. The molecule has 1 saturated heterocycles. The second-order valence-electron chi connectivity index (χ2n) is 5.91. The van der Waals surface area contributed by atoms with Crippen LogP contribution in [0.2, 0.25) is 10.0 Å². The van der Waals surface area contributed by atoms with E-state index in [0.29, 0.717) is 11.6 Å². The van der Waals surface area contributed by atoms with E-state index in [1.807, 2.05) is 18.2 Å². The quantitative estimate of drug-likeness (QED) is 0.773. The van der Waals surface area contributed by atoms with E-state index in [-0.39, 0.29) is 15.7 Å². The lowest BCUT2D eigenvalue weighted by Gasteiger charge is -2.35. The molecular formula is C17H19Cl2N3O2S. The standard InChI is InChI=1S/C17H19Cl2N3O2S/c18-14-4-5-15(19)16(13-14)25(23,24)12-11-21-7-9-22(10-8-21)17-3-1-2-6-20-17/h1-6,13H,7-12H2. The van der Waals surface area contributed by atoms with Crippen molar-refractivity contribution in [3.63, 3.8) is 0 Å². The summed E-state index contributed by atoms with van der Waals surface area (Å²) in [5.74, 6) is 0.983. The van der Waals surface area contributed by atoms with Crippen molar-refractivity contribution in [2.45, 2.75) is 4.90 Å². The maximum atomic E-state index is 12.5. The van der Waals surface area contributed by atoms with Gasteiger partial charge >= 0.3 is 0 Å². The van der Waals surface area contributed by atoms with Crippen molar-refractivity contribution >= 4 is 38.9 Å². The molecule has 0 saturated carbocycles. The average molecular weight is 400 g/mol. The van der Waals surface area contributed by atoms with Crippen molar-refractivity contribution in [1.82, 2.24) is 9.88 Å². The molecule has 8 heteroatoms. The monoisotopic (exact) mass is 399 g/mol. The Hall–Kier alpha value is -1.34. The van der Waals surface area contributed by atoms with E-state index >= 15 is 0 Å². The molecule has 1 aromatic carbocycles. The number of sulfone groups is 1. The number of aromatic nitrogens is 1. The number of anilines is 1. The van der Waals surface area contributed by atoms with E-state index in [2.05, 4.69) is 14.8 Å². The number of halogens is 2. The molecule has 1 aliphatic heterocycles. The smallest absolute Gasteiger partial charge is 0.181 e. The molecular weight excluding hydrogens is 381 g/mol. The Bertz CT molecular complexity index is 823. The number of benzene rings is 1. The number of hydrogen-bond acceptors (Lipinski definition) is 5. The van der Waals surface area contributed by atoms with Gasteiger partial charge in [0, 0.05) is 43.9 Å². The lowest BCUT2D eigenvalue weighted by Crippen LogP contribution is -2.47. The number of pyridine rings is 1. The van der Waals surface area contributed by atoms with Crippen molar-refractivity contribution in [3.8, 4) is 0 Å². The predicted molar refractivity (Wildman–Crippen MR) is 101 cm³/mol. The average Bonchev–Trinajstić information content (AvgIpc) is 2.63. The van der Waals surface area contributed by atoms with E-state index in [1.54, 1.807) is 12.3 Å². The molecule has 2 aromatic rings. The molecule has 0 spiro atoms. The van der Waals surface area contributed by atoms with Crippen LogP contribution in [0.15, 0.2) is 47.5 Å². The van der Waals surface area contributed by atoms with Gasteiger partial charge in [0.25, 0.3) is 0 Å². The van der Waals surface area contributed by atoms with Gasteiger partial charge in [0.05, 0.1) is 15.7 Å². The van der Waals surface area contributed by atoms with Gasteiger partial charge in [0.2, 0.25) is 0 Å². The normalized spacial score (nSPS) is 16.2. The SMILES string of the molecule is O=S(=O)(CCN1CCN(c2ccccn2)CC1)c1cc(Cl)ccc1Cl. The number of piperazine rings is 1. The Morgan fingerprint density at radius 1 is 1.04 bits per heavy atom. The first-order chi connectivity index (χ1) is 12.0. The molecule has 0 amide bonds. The fourth-order valence-electron chi connectivity index (χ4n) is 2.82. The van der Waals surface area contributed by atoms with Crippen LogP contribution in [0.4, 0.5) is 5.82 Å². The third-order valence-electron chi connectivity index (χ3n) is 4.25. The van der Waals surface area contributed by atoms with Crippen LogP contribution in [0.25, 0.3) is 0 Å². The zero-order valence-corrected chi connectivity index (χ0v) is 15.9. The van der Waals surface area contributed by atoms with E-state index in [0.717, 1.165) is 32.0 Å². The lowest BCUT2D eigenvalue weighted by molar-refractivity contribution is 0.271. The maximum absolute atomic E-state index is 12.5. The molecule has 5 nitrogen and oxygen atoms in total. The molecule has 0 unspecified atom stereocenters. The highest BCUT2D eigenvalue weighted by molar-refractivity contribution is 7.91. The maximum Gasteiger partial charge on any atom is 0.181 e. The molecule has 0 aliphatic carbocycles. The third-order valence-corrected chi connectivity index (χ3v) is 6.65. The fourth-order valence-corrected chi connectivity index (χ4v) is 4.91. The molecule has 1 fully saturated rings. The van der Waals surface area contributed by atoms with Gasteiger partial charge in [0.1, 0.15) is 5.82 Å². The van der Waals surface area contributed by atoms with E-state index < -0.39 is 9.84 Å². The molecule has 0 atom stereocenters. The Morgan fingerprint density at radius 3 is 2.48 bits per heavy atom. The first-order valence-electron chi connectivity index (χ1n) is 8.02. The molecule has 2 heterocycles. The van der Waals surface area contributed by atoms with Crippen molar-refractivity contribution in [2.75, 3.05) is 43.4 Å². The lowest BCUT2D eigenvalue weighted by atomic mass is 10.3. The zero-order valence-electron chi connectivity index (χ0n) is 13.6. The molecule has 0 radical (unpaired) electrons. The second-order valence-corrected chi connectivity index (χ2v) is 8.83. The van der Waals surface area contributed by atoms with Crippen molar-refractivity contribution in [2.24, 2.45) is 0 Å². The van der Waals surface area contributed by atoms with Gasteiger partial charge in [-0.25, -0.2) is 13.4 Å². The Balaban J connectivity index is 1.57. The number of rotatable bonds is 5. The summed E-state index contributed by atoms with van der Waals surface area (Å²) < 4.78 is 25.1. The largest absolute Gasteiger partial charge is 0.354 e. The minimum absolute atomic E-state index is 0.0245. The molecule has 134 valence electrons. The number of hydrogen-bond donors (Lipinski definition) is 0. The minimum Gasteiger partial charge on any atom is -0.354 e. The summed E-state index contributed by atoms with van der Waals surface area (Å²) in [6.45, 7) is 3.73. The van der Waals surface area contributed by atoms with Crippen LogP contribution < -0.4 is 4.90 Å². The molecule has 0 N–H and O–H groups in total. The summed E-state index contributed by atoms with van der Waals surface area (Å²) in [5, 5.41) is 0.580. The minimum atomic E-state index is -3.46. The fraction of sp³-hybridized carbons (Fsp3) is 0.353. The summed E-state index contributed by atoms with van der Waals surface area (Å²) >= 11 is 11.9. The number of nitrogens with zero attached hydrogens (tertiary/aromatic N) is 3. The summed E-state index contributed by atoms with van der Waals surface area (Å²) in [7, 11) is -3.46. The van der Waals surface area contributed by atoms with Crippen LogP contribution in [-0.4, -0.2) is 56.8 Å². The van der Waals surface area contributed by atoms with Crippen LogP contribution in [0.5, 0.6) is 0 Å². The Morgan fingerprint density at radius 2 is 1.80 bits per heavy atom. The van der Waals surface area contributed by atoms with Gasteiger partial charge in [-0.3, -0.25) is 4.90 Å². The highest BCUT2D eigenvalue weighted by atomic mass is 35.5. The summed E-state index contributed by atoms with van der Waals surface area (Å²) in [4.78, 5) is 8.82. The third kappa shape index (κ3) is 4.64. The first-order valence-corrected chi connectivity index (χ1v) is 10.4. The topological polar surface area (TPSA) is 53.5 Å². The first kappa shape index (κ1) is 18.5. The zero-order chi connectivity index (χ0) is 17.9. The van der Waals surface area contributed by atoms with Crippen LogP contribution in [-0.2, 0) is 9.84 Å². The van der Waals surface area contributed by atoms with Gasteiger partial charge in [-0.1, -0.05) is 29.3 Å². The Labute approximate surface area is 158 Å². The van der Waals surface area contributed by atoms with Gasteiger partial charge in [0.15, 0.2) is 9.84 Å². The molecule has 1 aliphatic rings. The van der Waals surface area contributed by atoms with Crippen molar-refractivity contribution in [1.29, 1.82) is 0 Å². The van der Waals surface area contributed by atoms with Gasteiger partial charge in [-0.2, -0.15) is 0 Å². The van der Waals surface area contributed by atoms with Crippen molar-refractivity contribution in [3.05, 3.63) is 52.6 Å². The summed E-state index contributed by atoms with van der Waals surface area (Å²) in [6.07, 6.45) is 1.78. The summed E-state index contributed by atoms with van der Waals surface area (Å²) in [6, 6.07) is 10.4. The van der Waals surface area contributed by atoms with E-state index in [1.165, 1.54) is 12.1 Å². The molecule has 3 rings (SSSR count). The van der Waals surface area contributed by atoms with E-state index in [9.17, 15) is 8.42 Å². The second kappa shape index (κ2) is 7.91. The molecule has 25 heavy (non-hydrogen) atoms. The predicted octanol–water partition coefficient (Wildman–Crippen LogP) is 2.98. The summed E-state index contributed by atoms with van der Waals surface area (Å²) in [5.41, 5.74) is 0. The molecule has 0 bridgehead atoms. The van der Waals surface area contributed by atoms with Crippen LogP contribution in [0.3, 0.4) is 0 Å². The highest BCUT2D eigenvalue weighted by Gasteiger charge is 2.22.